The first kappa shape index (κ1) is 92.5. The van der Waals surface area contributed by atoms with Gasteiger partial charge in [-0.25, -0.2) is 5.53 Å². The summed E-state index contributed by atoms with van der Waals surface area (Å²) >= 11 is 0. The van der Waals surface area contributed by atoms with Crippen molar-refractivity contribution in [1.29, 1.82) is 5.53 Å². The van der Waals surface area contributed by atoms with Crippen molar-refractivity contribution in [2.45, 2.75) is 96.8 Å². The summed E-state index contributed by atoms with van der Waals surface area (Å²) in [4.78, 5) is 39.7. The van der Waals surface area contributed by atoms with Crippen LogP contribution >= 0.6 is 0 Å². The number of nitrogens with zero attached hydrogens (tertiary/aromatic N) is 1. The Kier molecular flexibility index (Phi) is 41.8. The maximum atomic E-state index is 13.5. The number of allylic oxidation sites excluding steroid dienone is 2. The summed E-state index contributed by atoms with van der Waals surface area (Å²) in [7, 11) is -24.5. The van der Waals surface area contributed by atoms with E-state index in [0.29, 0.717) is 88.0 Å². The molecule has 0 spiro atoms. The summed E-state index contributed by atoms with van der Waals surface area (Å²) in [5.41, 5.74) is 11.6. The van der Waals surface area contributed by atoms with Gasteiger partial charge >= 0.3 is 0 Å². The van der Waals surface area contributed by atoms with E-state index in [1.54, 1.807) is 31.6 Å². The van der Waals surface area contributed by atoms with Gasteiger partial charge in [0.05, 0.1) is 93.1 Å². The molecule has 0 aliphatic carbocycles. The van der Waals surface area contributed by atoms with Gasteiger partial charge < -0.3 is 74.6 Å². The molecule has 0 radical (unpaired) electrons. The zero-order chi connectivity index (χ0) is 78.8. The van der Waals surface area contributed by atoms with E-state index in [2.05, 4.69) is 37.1 Å². The number of hydrazine groups is 1. The van der Waals surface area contributed by atoms with Crippen LogP contribution in [-0.2, 0) is 60.7 Å². The van der Waals surface area contributed by atoms with Gasteiger partial charge in [-0.2, -0.15) is 55.6 Å². The fourth-order valence-electron chi connectivity index (χ4n) is 8.96. The smallest absolute Gasteiger partial charge is 0.264 e. The van der Waals surface area contributed by atoms with Crippen LogP contribution in [0.1, 0.15) is 128 Å². The average molecular weight is 1630 g/mol. The van der Waals surface area contributed by atoms with Crippen LogP contribution < -0.4 is 80.5 Å². The number of benzene rings is 3. The zero-order valence-electron chi connectivity index (χ0n) is 58.6. The van der Waals surface area contributed by atoms with Crippen molar-refractivity contribution in [1.82, 2.24) is 32.0 Å². The van der Waals surface area contributed by atoms with Crippen LogP contribution in [0.15, 0.2) is 65.3 Å². The van der Waals surface area contributed by atoms with Crippen LogP contribution in [0, 0.1) is 5.53 Å². The van der Waals surface area contributed by atoms with Gasteiger partial charge in [0.15, 0.2) is 40.3 Å². The first-order chi connectivity index (χ1) is 49.9. The highest BCUT2D eigenvalue weighted by atomic mass is 32.2. The van der Waals surface area contributed by atoms with Gasteiger partial charge in [-0.1, -0.05) is 0 Å². The first-order valence-corrected chi connectivity index (χ1v) is 42.9. The molecule has 15 N–H and O–H groups in total. The molecule has 602 valence electrons. The normalized spacial score (nSPS) is 12.3. The van der Waals surface area contributed by atoms with Gasteiger partial charge in [-0.3, -0.25) is 47.5 Å². The molecule has 0 saturated heterocycles. The van der Waals surface area contributed by atoms with E-state index in [4.69, 9.17) is 63.1 Å². The maximum Gasteiger partial charge on any atom is 0.264 e. The third-order valence-corrected chi connectivity index (χ3v) is 18.8. The Balaban J connectivity index is 1.58. The van der Waals surface area contributed by atoms with E-state index >= 15 is 0 Å². The summed E-state index contributed by atoms with van der Waals surface area (Å²) in [5, 5.41) is 18.3. The molecule has 0 bridgehead atoms. The second kappa shape index (κ2) is 47.9. The highest BCUT2D eigenvalue weighted by Gasteiger charge is 2.24. The van der Waals surface area contributed by atoms with E-state index in [0.717, 1.165) is 0 Å². The number of carbonyl (C=O) groups is 3. The number of nitrogens with one attached hydrogen (secondary N) is 7. The molecular formula is C61H97N9O30S6. The fraction of sp³-hybridized carbons (Fsp3) is 0.590. The van der Waals surface area contributed by atoms with Crippen molar-refractivity contribution in [3.05, 3.63) is 76.9 Å². The second-order valence-electron chi connectivity index (χ2n) is 23.1. The predicted molar refractivity (Wildman–Crippen MR) is 385 cm³/mol. The Labute approximate surface area is 617 Å². The number of unbranched alkanes of at least 4 members (excludes halogenated alkanes) is 2. The number of hydrogen-bond donors (Lipinski definition) is 14. The molecule has 39 nitrogen and oxygen atoms in total. The van der Waals surface area contributed by atoms with Crippen LogP contribution in [0.25, 0.3) is 0 Å². The van der Waals surface area contributed by atoms with Crippen molar-refractivity contribution in [2.24, 2.45) is 11.0 Å². The SMILES string of the molecule is CNCCOc1c(OCCCC/C(=C/NCCCNC(=O)c2cc(OCCCS(=O)(=O)O)c(OCCCS(=O)(=O)O)c(OCCCS(=O)(=O)O)c2)N=N)cc(C(C)=O)cc1OCCCC/C(=C/NCCCNC(=O)c1cc(OCCCS(=O)(=O)O)c(OCCCS(=O)(=O)O)c(OCCCS(=O)(=O)O)c1)NN. The predicted octanol–water partition coefficient (Wildman–Crippen LogP) is 3.52. The van der Waals surface area contributed by atoms with E-state index in [1.165, 1.54) is 31.2 Å². The number of rotatable bonds is 61. The molecule has 0 aliphatic rings. The molecule has 0 atom stereocenters. The first-order valence-electron chi connectivity index (χ1n) is 33.2. The largest absolute Gasteiger partial charge is 0.490 e. The van der Waals surface area contributed by atoms with Crippen molar-refractivity contribution in [2.75, 3.05) is 134 Å². The summed E-state index contributed by atoms with van der Waals surface area (Å²) in [6.07, 6.45) is 5.71. The average Bonchev–Trinajstić information content (AvgIpc) is 0.828. The fourth-order valence-corrected chi connectivity index (χ4v) is 11.9. The molecule has 45 heteroatoms. The third-order valence-electron chi connectivity index (χ3n) is 14.0. The number of amides is 2. The van der Waals surface area contributed by atoms with E-state index in [-0.39, 0.29) is 180 Å². The molecule has 0 saturated carbocycles. The highest BCUT2D eigenvalue weighted by molar-refractivity contribution is 7.86. The van der Waals surface area contributed by atoms with Gasteiger partial charge in [0, 0.05) is 67.5 Å². The van der Waals surface area contributed by atoms with Crippen molar-refractivity contribution < 1.29 is 135 Å². The minimum atomic E-state index is -4.37. The lowest BCUT2D eigenvalue weighted by Crippen LogP contribution is -2.27. The molecule has 0 heterocycles. The van der Waals surface area contributed by atoms with Crippen LogP contribution in [0.5, 0.6) is 51.7 Å². The zero-order valence-corrected chi connectivity index (χ0v) is 63.5. The quantitative estimate of drug-likeness (QED) is 0.00960. The van der Waals surface area contributed by atoms with Crippen LogP contribution in [0.4, 0.5) is 0 Å². The molecule has 0 aromatic heterocycles. The van der Waals surface area contributed by atoms with Crippen molar-refractivity contribution >= 4 is 78.3 Å². The minimum absolute atomic E-state index is 0.0451. The lowest BCUT2D eigenvalue weighted by atomic mass is 10.1. The minimum Gasteiger partial charge on any atom is -0.490 e. The summed E-state index contributed by atoms with van der Waals surface area (Å²) < 4.78 is 244. The second-order valence-corrected chi connectivity index (χ2v) is 32.6. The summed E-state index contributed by atoms with van der Waals surface area (Å²) in [6.45, 7) is 1.44. The Bertz CT molecular complexity index is 3950. The van der Waals surface area contributed by atoms with Gasteiger partial charge in [-0.15, -0.1) is 0 Å². The van der Waals surface area contributed by atoms with Crippen LogP contribution in [0.2, 0.25) is 0 Å². The Morgan fingerprint density at radius 1 is 0.396 bits per heavy atom. The standard InChI is InChI=1S/C61H97N9O30S6/c1-45(71)46-37-51(92-22-5-3-15-49(69-62)43-65-17-7-19-67-60(72)47-39-53(94-24-9-31-101(74,75)76)57(98-28-13-35-105(86,87)88)54(40-47)95-25-10-32-102(77,78)79)59(100-30-21-64-2)52(38-46)93-23-6-4-16-50(70-63)44-66-18-8-20-68-61(73)48-41-55(96-26-11-33-103(80,81)82)58(99-29-14-36-106(89,90)91)56(42-48)97-27-12-34-104(83,84)85/h37-44,62,64-66,70H,3-36,63H2,1-2H3,(H,67,72)(H,68,73)(H,74,75,76)(H,77,78,79)(H,80,81,82)(H,83,84,85)(H,86,87,88)(H,89,90,91)/b49-43-,50-44-,69-62?. The van der Waals surface area contributed by atoms with E-state index in [1.807, 2.05) is 0 Å². The number of Topliss-reactive ketones (excluding diaryl/α,β-unsaturated/α-hetero) is 1. The van der Waals surface area contributed by atoms with Gasteiger partial charge in [0.25, 0.3) is 72.5 Å². The molecule has 0 aliphatic heterocycles. The van der Waals surface area contributed by atoms with Crippen LogP contribution in [-0.4, -0.2) is 229 Å². The number of nitrogens with two attached hydrogens (primary N) is 1. The van der Waals surface area contributed by atoms with E-state index < -0.39 is 107 Å². The highest BCUT2D eigenvalue weighted by Crippen LogP contribution is 2.42. The maximum absolute atomic E-state index is 13.5. The lowest BCUT2D eigenvalue weighted by molar-refractivity contribution is 0.0944. The van der Waals surface area contributed by atoms with Gasteiger partial charge in [0.2, 0.25) is 17.2 Å². The Hall–Kier alpha value is -7.67. The molecule has 3 aromatic rings. The number of likely N-dealkylation sites (N-methyl/N-ethyl adjacent to an activating group) is 1. The molecular weight excluding hydrogens is 1530 g/mol. The number of carbonyl (C=O) groups excluding carboxylic acids is 3. The topological polar surface area (TPSA) is 595 Å². The number of hydrogen-bond acceptors (Lipinski definition) is 31. The molecule has 2 amide bonds. The molecule has 0 fully saturated rings. The monoisotopic (exact) mass is 1630 g/mol. The van der Waals surface area contributed by atoms with Crippen molar-refractivity contribution in [3.63, 3.8) is 0 Å². The lowest BCUT2D eigenvalue weighted by Gasteiger charge is -2.19. The Morgan fingerprint density at radius 3 is 0.991 bits per heavy atom. The van der Waals surface area contributed by atoms with Crippen molar-refractivity contribution in [3.8, 4) is 51.7 Å². The summed E-state index contributed by atoms with van der Waals surface area (Å²) in [5.74, 6) is 0.0667. The van der Waals surface area contributed by atoms with E-state index in [9.17, 15) is 83.1 Å². The number of ether oxygens (including phenoxy) is 9. The third kappa shape index (κ3) is 42.6. The number of ketones is 1. The van der Waals surface area contributed by atoms with Gasteiger partial charge in [0.1, 0.15) is 6.61 Å². The Morgan fingerprint density at radius 2 is 0.689 bits per heavy atom. The molecule has 3 rings (SSSR count). The molecule has 0 unspecified atom stereocenters. The summed E-state index contributed by atoms with van der Waals surface area (Å²) in [6, 6.07) is 8.11. The molecule has 106 heavy (non-hydrogen) atoms. The van der Waals surface area contributed by atoms with Crippen LogP contribution in [0.3, 0.4) is 0 Å². The van der Waals surface area contributed by atoms with Gasteiger partial charge in [-0.05, 0) is 140 Å². The molecule has 3 aromatic carbocycles.